The minimum Gasteiger partial charge on any atom is -0.514 e. The van der Waals surface area contributed by atoms with E-state index in [4.69, 9.17) is 13.9 Å². The van der Waals surface area contributed by atoms with Gasteiger partial charge < -0.3 is 13.9 Å². The zero-order valence-corrected chi connectivity index (χ0v) is 18.2. The van der Waals surface area contributed by atoms with Crippen molar-refractivity contribution in [2.24, 2.45) is 0 Å². The lowest BCUT2D eigenvalue weighted by atomic mass is 9.99. The number of benzene rings is 1. The Bertz CT molecular complexity index is 625. The van der Waals surface area contributed by atoms with E-state index < -0.39 is 8.32 Å². The molecule has 28 heavy (non-hydrogen) atoms. The molecule has 0 spiro atoms. The maximum Gasteiger partial charge on any atom is 0.292 e. The monoisotopic (exact) mass is 402 g/mol. The summed E-state index contributed by atoms with van der Waals surface area (Å²) in [6.07, 6.45) is 12.9. The van der Waals surface area contributed by atoms with Crippen LogP contribution >= 0.6 is 0 Å². The lowest BCUT2D eigenvalue weighted by Gasteiger charge is -2.46. The smallest absolute Gasteiger partial charge is 0.292 e. The van der Waals surface area contributed by atoms with Crippen molar-refractivity contribution in [3.05, 3.63) is 24.3 Å². The van der Waals surface area contributed by atoms with Crippen LogP contribution in [-0.2, 0) is 14.0 Å². The first-order chi connectivity index (χ1) is 13.7. The van der Waals surface area contributed by atoms with E-state index in [1.807, 2.05) is 0 Å². The van der Waals surface area contributed by atoms with Crippen LogP contribution in [-0.4, -0.2) is 33.6 Å². The van der Waals surface area contributed by atoms with Gasteiger partial charge in [-0.25, -0.2) is 0 Å². The van der Waals surface area contributed by atoms with Crippen molar-refractivity contribution in [3.63, 3.8) is 0 Å². The Morgan fingerprint density at radius 1 is 0.964 bits per heavy atom. The molecule has 1 saturated heterocycles. The summed E-state index contributed by atoms with van der Waals surface area (Å²) in [6, 6.07) is 8.58. The van der Waals surface area contributed by atoms with Crippen LogP contribution in [0.1, 0.15) is 71.1 Å². The van der Waals surface area contributed by atoms with Crippen LogP contribution in [0.5, 0.6) is 5.75 Å². The van der Waals surface area contributed by atoms with Gasteiger partial charge in [0.2, 0.25) is 0 Å². The van der Waals surface area contributed by atoms with E-state index in [2.05, 4.69) is 24.3 Å². The summed E-state index contributed by atoms with van der Waals surface area (Å²) in [5.74, 6) is 0.797. The molecule has 0 bridgehead atoms. The zero-order chi connectivity index (χ0) is 19.4. The van der Waals surface area contributed by atoms with Crippen molar-refractivity contribution >= 4 is 19.5 Å². The van der Waals surface area contributed by atoms with Crippen LogP contribution < -0.4 is 9.92 Å². The number of carbonyl (C=O) groups excluding carboxylic acids is 1. The van der Waals surface area contributed by atoms with Crippen molar-refractivity contribution in [1.82, 2.24) is 0 Å². The summed E-state index contributed by atoms with van der Waals surface area (Å²) in [5.41, 5.74) is 1.11. The fraction of sp³-hybridized carbons (Fsp3) is 0.696. The molecule has 3 fully saturated rings. The molecular formula is C23H34O4Si. The van der Waals surface area contributed by atoms with Crippen molar-refractivity contribution in [1.29, 1.82) is 0 Å². The van der Waals surface area contributed by atoms with Gasteiger partial charge >= 0.3 is 0 Å². The first kappa shape index (κ1) is 20.0. The van der Waals surface area contributed by atoms with E-state index in [0.717, 1.165) is 12.4 Å². The van der Waals surface area contributed by atoms with Gasteiger partial charge in [-0.15, -0.1) is 0 Å². The molecule has 1 aliphatic heterocycles. The average molecular weight is 403 g/mol. The summed E-state index contributed by atoms with van der Waals surface area (Å²) in [6.45, 7) is 3.04. The molecule has 4 nitrogen and oxygen atoms in total. The maximum atomic E-state index is 12.3. The number of ether oxygens (including phenoxy) is 2. The Morgan fingerprint density at radius 2 is 1.50 bits per heavy atom. The first-order valence-electron chi connectivity index (χ1n) is 11.2. The molecule has 0 amide bonds. The van der Waals surface area contributed by atoms with Gasteiger partial charge in [-0.3, -0.25) is 4.79 Å². The average Bonchev–Trinajstić information content (AvgIpc) is 3.57. The highest BCUT2D eigenvalue weighted by molar-refractivity contribution is 6.90. The topological polar surface area (TPSA) is 48.1 Å². The lowest BCUT2D eigenvalue weighted by Crippen LogP contribution is -2.59. The fourth-order valence-electron chi connectivity index (χ4n) is 5.50. The highest BCUT2D eigenvalue weighted by Gasteiger charge is 2.53. The van der Waals surface area contributed by atoms with Crippen LogP contribution in [0.4, 0.5) is 0 Å². The summed E-state index contributed by atoms with van der Waals surface area (Å²) in [4.78, 5) is 12.3. The number of carbonyl (C=O) groups is 1. The third-order valence-corrected chi connectivity index (χ3v) is 12.3. The van der Waals surface area contributed by atoms with Crippen LogP contribution in [0.15, 0.2) is 24.3 Å². The molecule has 1 unspecified atom stereocenters. The van der Waals surface area contributed by atoms with Crippen molar-refractivity contribution < 1.29 is 18.7 Å². The van der Waals surface area contributed by atoms with Gasteiger partial charge in [-0.2, -0.15) is 0 Å². The number of hydrogen-bond donors (Lipinski definition) is 0. The third-order valence-electron chi connectivity index (χ3n) is 6.88. The normalized spacial score (nSPS) is 24.0. The molecule has 2 aliphatic carbocycles. The second kappa shape index (κ2) is 9.00. The van der Waals surface area contributed by atoms with E-state index in [1.54, 1.807) is 6.92 Å². The summed E-state index contributed by atoms with van der Waals surface area (Å²) < 4.78 is 17.6. The molecule has 4 rings (SSSR count). The Labute approximate surface area is 170 Å². The van der Waals surface area contributed by atoms with Gasteiger partial charge in [0.25, 0.3) is 14.3 Å². The van der Waals surface area contributed by atoms with E-state index in [1.165, 1.54) is 69.4 Å². The minimum atomic E-state index is -2.42. The van der Waals surface area contributed by atoms with E-state index in [-0.39, 0.29) is 12.1 Å². The van der Waals surface area contributed by atoms with Gasteiger partial charge in [-0.1, -0.05) is 50.7 Å². The summed E-state index contributed by atoms with van der Waals surface area (Å²) >= 11 is 0. The van der Waals surface area contributed by atoms with Crippen LogP contribution in [0.25, 0.3) is 0 Å². The maximum absolute atomic E-state index is 12.3. The molecule has 1 aromatic carbocycles. The van der Waals surface area contributed by atoms with Crippen molar-refractivity contribution in [2.45, 2.75) is 88.3 Å². The van der Waals surface area contributed by atoms with E-state index in [9.17, 15) is 4.79 Å². The molecule has 2 saturated carbocycles. The Morgan fingerprint density at radius 3 is 1.96 bits per heavy atom. The number of rotatable bonds is 7. The SMILES string of the molecule is CC(=O)O[Si](c1ccc(OCC2CO2)cc1)(C1CCCCC1)C1CCCCC1. The van der Waals surface area contributed by atoms with Crippen LogP contribution in [0.2, 0.25) is 11.1 Å². The summed E-state index contributed by atoms with van der Waals surface area (Å²) in [7, 11) is -2.42. The predicted molar refractivity (Wildman–Crippen MR) is 113 cm³/mol. The Kier molecular flexibility index (Phi) is 6.41. The number of epoxide rings is 1. The summed E-state index contributed by atoms with van der Waals surface area (Å²) in [5, 5.41) is 1.30. The quantitative estimate of drug-likeness (QED) is 0.483. The molecule has 1 aromatic rings. The highest BCUT2D eigenvalue weighted by Crippen LogP contribution is 2.48. The fourth-order valence-corrected chi connectivity index (χ4v) is 11.3. The van der Waals surface area contributed by atoms with Crippen LogP contribution in [0.3, 0.4) is 0 Å². The second-order valence-corrected chi connectivity index (χ2v) is 12.8. The van der Waals surface area contributed by atoms with Gasteiger partial charge in [-0.05, 0) is 54.1 Å². The van der Waals surface area contributed by atoms with Crippen molar-refractivity contribution in [2.75, 3.05) is 13.2 Å². The zero-order valence-electron chi connectivity index (χ0n) is 17.2. The van der Waals surface area contributed by atoms with Gasteiger partial charge in [0, 0.05) is 6.92 Å². The molecule has 154 valence electrons. The lowest BCUT2D eigenvalue weighted by molar-refractivity contribution is -0.133. The molecule has 3 aliphatic rings. The van der Waals surface area contributed by atoms with Crippen LogP contribution in [0, 0.1) is 0 Å². The highest BCUT2D eigenvalue weighted by atomic mass is 28.4. The number of hydrogen-bond acceptors (Lipinski definition) is 4. The second-order valence-electron chi connectivity index (χ2n) is 8.85. The molecular weight excluding hydrogens is 368 g/mol. The molecule has 5 heteroatoms. The molecule has 1 atom stereocenters. The van der Waals surface area contributed by atoms with Crippen molar-refractivity contribution in [3.8, 4) is 5.75 Å². The largest absolute Gasteiger partial charge is 0.514 e. The molecule has 1 heterocycles. The van der Waals surface area contributed by atoms with E-state index >= 15 is 0 Å². The van der Waals surface area contributed by atoms with Gasteiger partial charge in [0.15, 0.2) is 0 Å². The van der Waals surface area contributed by atoms with E-state index in [0.29, 0.717) is 17.7 Å². The standard InChI is InChI=1S/C23H34O4Si/c1-18(24)27-28(21-8-4-2-5-9-21,22-10-6-3-7-11-22)23-14-12-19(13-15-23)25-16-20-17-26-20/h12-15,20-22H,2-11,16-17H2,1H3. The minimum absolute atomic E-state index is 0.0889. The van der Waals surface area contributed by atoms with Gasteiger partial charge in [0.05, 0.1) is 6.61 Å². The first-order valence-corrected chi connectivity index (χ1v) is 13.3. The molecule has 0 aromatic heterocycles. The Hall–Kier alpha value is -1.33. The predicted octanol–water partition coefficient (Wildman–Crippen LogP) is 4.85. The Balaban J connectivity index is 1.65. The third kappa shape index (κ3) is 4.46. The molecule has 0 N–H and O–H groups in total. The molecule has 0 radical (unpaired) electrons. The van der Waals surface area contributed by atoms with Gasteiger partial charge in [0.1, 0.15) is 18.5 Å².